The molecular weight excluding hydrogens is 256 g/mol. The van der Waals surface area contributed by atoms with Crippen LogP contribution in [-0.2, 0) is 0 Å². The van der Waals surface area contributed by atoms with Gasteiger partial charge < -0.3 is 10.6 Å². The van der Waals surface area contributed by atoms with Crippen molar-refractivity contribution in [2.45, 2.75) is 31.6 Å². The fourth-order valence-electron chi connectivity index (χ4n) is 3.53. The number of nitrogens with zero attached hydrogens (tertiary/aromatic N) is 1. The van der Waals surface area contributed by atoms with E-state index in [4.69, 9.17) is 5.73 Å². The second-order valence-corrected chi connectivity index (χ2v) is 6.19. The zero-order valence-corrected chi connectivity index (χ0v) is 12.8. The van der Waals surface area contributed by atoms with Crippen LogP contribution in [0.4, 0.5) is 0 Å². The van der Waals surface area contributed by atoms with Crippen molar-refractivity contribution in [3.8, 4) is 0 Å². The Hall–Kier alpha value is -1.38. The lowest BCUT2D eigenvalue weighted by molar-refractivity contribution is 0.221. The zero-order chi connectivity index (χ0) is 14.5. The number of piperidine rings is 1. The highest BCUT2D eigenvalue weighted by Gasteiger charge is 2.16. The average molecular weight is 282 g/mol. The highest BCUT2D eigenvalue weighted by Crippen LogP contribution is 2.27. The summed E-state index contributed by atoms with van der Waals surface area (Å²) < 4.78 is 0. The largest absolute Gasteiger partial charge is 0.330 e. The second-order valence-electron chi connectivity index (χ2n) is 6.19. The van der Waals surface area contributed by atoms with Crippen molar-refractivity contribution in [3.63, 3.8) is 0 Å². The van der Waals surface area contributed by atoms with Crippen molar-refractivity contribution in [2.24, 2.45) is 5.73 Å². The molecule has 0 aliphatic carbocycles. The van der Waals surface area contributed by atoms with Crippen LogP contribution in [0.1, 0.15) is 37.2 Å². The van der Waals surface area contributed by atoms with Gasteiger partial charge in [0.1, 0.15) is 0 Å². The number of benzene rings is 2. The smallest absolute Gasteiger partial charge is 0.000753 e. The Kier molecular flexibility index (Phi) is 4.89. The molecule has 0 amide bonds. The quantitative estimate of drug-likeness (QED) is 0.905. The summed E-state index contributed by atoms with van der Waals surface area (Å²) in [5, 5.41) is 2.69. The van der Waals surface area contributed by atoms with E-state index in [0.717, 1.165) is 6.54 Å². The first-order chi connectivity index (χ1) is 10.4. The topological polar surface area (TPSA) is 29.3 Å². The first-order valence-electron chi connectivity index (χ1n) is 8.28. The summed E-state index contributed by atoms with van der Waals surface area (Å²) in [6, 6.07) is 15.3. The van der Waals surface area contributed by atoms with E-state index in [1.54, 1.807) is 0 Å². The van der Waals surface area contributed by atoms with E-state index >= 15 is 0 Å². The van der Waals surface area contributed by atoms with Crippen molar-refractivity contribution in [2.75, 3.05) is 26.2 Å². The van der Waals surface area contributed by atoms with E-state index in [2.05, 4.69) is 47.4 Å². The van der Waals surface area contributed by atoms with Crippen molar-refractivity contribution in [3.05, 3.63) is 48.0 Å². The molecular formula is C19H26N2. The summed E-state index contributed by atoms with van der Waals surface area (Å²) in [7, 11) is 0. The van der Waals surface area contributed by atoms with Crippen LogP contribution < -0.4 is 5.73 Å². The molecule has 1 aliphatic rings. The lowest BCUT2D eigenvalue weighted by atomic mass is 9.90. The highest BCUT2D eigenvalue weighted by molar-refractivity contribution is 5.86. The maximum atomic E-state index is 6.09. The number of nitrogens with two attached hydrogens (primary N) is 1. The molecule has 3 rings (SSSR count). The zero-order valence-electron chi connectivity index (χ0n) is 12.8. The van der Waals surface area contributed by atoms with Gasteiger partial charge in [-0.2, -0.15) is 0 Å². The fourth-order valence-corrected chi connectivity index (χ4v) is 3.53. The summed E-state index contributed by atoms with van der Waals surface area (Å²) in [6.45, 7) is 4.46. The van der Waals surface area contributed by atoms with Gasteiger partial charge >= 0.3 is 0 Å². The molecule has 0 bridgehead atoms. The predicted octanol–water partition coefficient (Wildman–Crippen LogP) is 3.76. The summed E-state index contributed by atoms with van der Waals surface area (Å²) in [4.78, 5) is 2.61. The Morgan fingerprint density at radius 1 is 0.952 bits per heavy atom. The van der Waals surface area contributed by atoms with Crippen LogP contribution in [0, 0.1) is 0 Å². The van der Waals surface area contributed by atoms with Gasteiger partial charge in [-0.05, 0) is 67.7 Å². The molecule has 0 aromatic heterocycles. The van der Waals surface area contributed by atoms with Crippen LogP contribution in [0.2, 0.25) is 0 Å². The summed E-state index contributed by atoms with van der Waals surface area (Å²) >= 11 is 0. The second kappa shape index (κ2) is 7.06. The van der Waals surface area contributed by atoms with Crippen LogP contribution in [0.5, 0.6) is 0 Å². The van der Waals surface area contributed by atoms with E-state index in [1.807, 2.05) is 0 Å². The number of rotatable bonds is 5. The third-order valence-electron chi connectivity index (χ3n) is 4.79. The molecule has 112 valence electrons. The molecule has 2 N–H and O–H groups in total. The number of likely N-dealkylation sites (tertiary alicyclic amines) is 1. The van der Waals surface area contributed by atoms with Gasteiger partial charge in [0.05, 0.1) is 0 Å². The average Bonchev–Trinajstić information content (AvgIpc) is 2.56. The van der Waals surface area contributed by atoms with E-state index in [1.165, 1.54) is 61.7 Å². The molecule has 1 saturated heterocycles. The molecule has 1 aliphatic heterocycles. The Balaban J connectivity index is 1.75. The Labute approximate surface area is 127 Å². The Morgan fingerprint density at radius 2 is 1.71 bits per heavy atom. The van der Waals surface area contributed by atoms with Gasteiger partial charge in [-0.25, -0.2) is 0 Å². The number of hydrogen-bond acceptors (Lipinski definition) is 2. The molecule has 2 aromatic rings. The summed E-state index contributed by atoms with van der Waals surface area (Å²) in [6.07, 6.45) is 5.30. The van der Waals surface area contributed by atoms with Gasteiger partial charge in [-0.1, -0.05) is 48.9 Å². The van der Waals surface area contributed by atoms with Gasteiger partial charge in [-0.3, -0.25) is 0 Å². The van der Waals surface area contributed by atoms with E-state index < -0.39 is 0 Å². The van der Waals surface area contributed by atoms with E-state index in [-0.39, 0.29) is 0 Å². The van der Waals surface area contributed by atoms with Crippen LogP contribution in [-0.4, -0.2) is 31.1 Å². The molecule has 0 saturated carbocycles. The third kappa shape index (κ3) is 3.45. The van der Waals surface area contributed by atoms with Gasteiger partial charge in [0.15, 0.2) is 0 Å². The van der Waals surface area contributed by atoms with E-state index in [0.29, 0.717) is 5.92 Å². The predicted molar refractivity (Wildman–Crippen MR) is 90.7 cm³/mol. The van der Waals surface area contributed by atoms with Crippen molar-refractivity contribution < 1.29 is 0 Å². The van der Waals surface area contributed by atoms with Gasteiger partial charge in [0, 0.05) is 0 Å². The SMILES string of the molecule is NC[C@@H](CCN1CCCCC1)c1cccc2ccccc12. The molecule has 21 heavy (non-hydrogen) atoms. The van der Waals surface area contributed by atoms with Gasteiger partial charge in [0.2, 0.25) is 0 Å². The molecule has 1 fully saturated rings. The minimum Gasteiger partial charge on any atom is -0.330 e. The van der Waals surface area contributed by atoms with Crippen LogP contribution in [0.25, 0.3) is 10.8 Å². The van der Waals surface area contributed by atoms with Crippen molar-refractivity contribution in [1.82, 2.24) is 4.90 Å². The van der Waals surface area contributed by atoms with E-state index in [9.17, 15) is 0 Å². The lowest BCUT2D eigenvalue weighted by Crippen LogP contribution is -2.32. The molecule has 1 atom stereocenters. The molecule has 2 nitrogen and oxygen atoms in total. The first kappa shape index (κ1) is 14.6. The van der Waals surface area contributed by atoms with Crippen molar-refractivity contribution in [1.29, 1.82) is 0 Å². The Bertz CT molecular complexity index is 567. The maximum Gasteiger partial charge on any atom is -0.000753 e. The molecule has 1 heterocycles. The molecule has 2 aromatic carbocycles. The highest BCUT2D eigenvalue weighted by atomic mass is 15.1. The monoisotopic (exact) mass is 282 g/mol. The standard InChI is InChI=1S/C19H26N2/c20-15-17(11-14-21-12-4-1-5-13-21)19-10-6-8-16-7-2-3-9-18(16)19/h2-3,6-10,17H,1,4-5,11-15,20H2/t17-/m1/s1. The Morgan fingerprint density at radius 3 is 2.52 bits per heavy atom. The fraction of sp³-hybridized carbons (Fsp3) is 0.474. The normalized spacial score (nSPS) is 18.0. The molecule has 0 radical (unpaired) electrons. The van der Waals surface area contributed by atoms with Gasteiger partial charge in [-0.15, -0.1) is 0 Å². The van der Waals surface area contributed by atoms with Crippen molar-refractivity contribution >= 4 is 10.8 Å². The third-order valence-corrected chi connectivity index (χ3v) is 4.79. The molecule has 2 heteroatoms. The molecule has 0 unspecified atom stereocenters. The number of fused-ring (bicyclic) bond motifs is 1. The van der Waals surface area contributed by atoms with Crippen LogP contribution in [0.15, 0.2) is 42.5 Å². The summed E-state index contributed by atoms with van der Waals surface area (Å²) in [5.41, 5.74) is 7.52. The minimum absolute atomic E-state index is 0.470. The molecule has 0 spiro atoms. The van der Waals surface area contributed by atoms with Crippen LogP contribution in [0.3, 0.4) is 0 Å². The summed E-state index contributed by atoms with van der Waals surface area (Å²) in [5.74, 6) is 0.470. The van der Waals surface area contributed by atoms with Gasteiger partial charge in [0.25, 0.3) is 0 Å². The minimum atomic E-state index is 0.470. The lowest BCUT2D eigenvalue weighted by Gasteiger charge is -2.28. The first-order valence-corrected chi connectivity index (χ1v) is 8.28. The maximum absolute atomic E-state index is 6.09. The van der Waals surface area contributed by atoms with Crippen LogP contribution >= 0.6 is 0 Å². The number of hydrogen-bond donors (Lipinski definition) is 1.